The standard InChI is InChI=1S/C23H24F3N.C2H6/c1-14-8-11-21(27)19-6-4-5-7-20(19)22(16(3)12-14)18-10-9-17(13-15(18)2)23(24,25)26;1-2/h4-7,9-11,13-14H,8,12,27H2,1-3H3;1-2H3/b21-11+,22-16-;. The maximum Gasteiger partial charge on any atom is 0.416 e. The molecule has 29 heavy (non-hydrogen) atoms. The molecular weight excluding hydrogens is 371 g/mol. The summed E-state index contributed by atoms with van der Waals surface area (Å²) in [6.07, 6.45) is -0.547. The van der Waals surface area contributed by atoms with Gasteiger partial charge in [-0.1, -0.05) is 62.8 Å². The zero-order valence-electron chi connectivity index (χ0n) is 17.8. The number of benzene rings is 2. The fraction of sp³-hybridized carbons (Fsp3) is 0.360. The zero-order valence-corrected chi connectivity index (χ0v) is 17.8. The van der Waals surface area contributed by atoms with Gasteiger partial charge in [-0.3, -0.25) is 0 Å². The minimum Gasteiger partial charge on any atom is -0.398 e. The highest BCUT2D eigenvalue weighted by Gasteiger charge is 2.31. The van der Waals surface area contributed by atoms with Crippen LogP contribution in [-0.2, 0) is 6.18 Å². The lowest BCUT2D eigenvalue weighted by molar-refractivity contribution is -0.137. The van der Waals surface area contributed by atoms with E-state index in [1.54, 1.807) is 13.0 Å². The molecule has 156 valence electrons. The monoisotopic (exact) mass is 401 g/mol. The zero-order chi connectivity index (χ0) is 21.8. The van der Waals surface area contributed by atoms with Gasteiger partial charge in [0.05, 0.1) is 5.56 Å². The van der Waals surface area contributed by atoms with Crippen molar-refractivity contribution in [1.29, 1.82) is 0 Å². The highest BCUT2D eigenvalue weighted by molar-refractivity contribution is 5.89. The second-order valence-corrected chi connectivity index (χ2v) is 7.43. The number of alkyl halides is 3. The number of halogens is 3. The predicted octanol–water partition coefficient (Wildman–Crippen LogP) is 7.59. The van der Waals surface area contributed by atoms with E-state index in [1.807, 2.05) is 38.1 Å². The first-order chi connectivity index (χ1) is 13.7. The van der Waals surface area contributed by atoms with E-state index >= 15 is 0 Å². The highest BCUT2D eigenvalue weighted by atomic mass is 19.4. The Morgan fingerprint density at radius 2 is 1.55 bits per heavy atom. The molecule has 0 radical (unpaired) electrons. The van der Waals surface area contributed by atoms with Crippen molar-refractivity contribution in [2.75, 3.05) is 0 Å². The molecule has 1 aliphatic carbocycles. The number of rotatable bonds is 1. The summed E-state index contributed by atoms with van der Waals surface area (Å²) in [5, 5.41) is 0. The largest absolute Gasteiger partial charge is 0.416 e. The Bertz CT molecular complexity index is 920. The third kappa shape index (κ3) is 5.11. The molecule has 0 heterocycles. The van der Waals surface area contributed by atoms with E-state index in [-0.39, 0.29) is 0 Å². The number of allylic oxidation sites excluding steroid dienone is 2. The molecule has 2 aromatic carbocycles. The van der Waals surface area contributed by atoms with Gasteiger partial charge < -0.3 is 5.73 Å². The topological polar surface area (TPSA) is 26.0 Å². The quantitative estimate of drug-likeness (QED) is 0.523. The van der Waals surface area contributed by atoms with Crippen LogP contribution in [0.2, 0.25) is 0 Å². The van der Waals surface area contributed by atoms with E-state index in [9.17, 15) is 13.2 Å². The third-order valence-electron chi connectivity index (χ3n) is 5.15. The SMILES string of the molecule is C/C1=C(\c2ccc(C(F)(F)F)cc2C)c2ccccc2/C(N)=C\CC(C)C1.CC. The summed E-state index contributed by atoms with van der Waals surface area (Å²) in [5.41, 5.74) is 11.9. The molecule has 1 unspecified atom stereocenters. The van der Waals surface area contributed by atoms with E-state index in [2.05, 4.69) is 19.9 Å². The summed E-state index contributed by atoms with van der Waals surface area (Å²) >= 11 is 0. The number of hydrogen-bond donors (Lipinski definition) is 1. The van der Waals surface area contributed by atoms with Crippen LogP contribution in [0.4, 0.5) is 13.2 Å². The van der Waals surface area contributed by atoms with Crippen molar-refractivity contribution >= 4 is 11.3 Å². The molecule has 0 fully saturated rings. The Balaban J connectivity index is 0.00000145. The van der Waals surface area contributed by atoms with Gasteiger partial charge >= 0.3 is 6.18 Å². The van der Waals surface area contributed by atoms with Gasteiger partial charge in [-0.2, -0.15) is 13.2 Å². The van der Waals surface area contributed by atoms with Crippen molar-refractivity contribution in [2.24, 2.45) is 11.7 Å². The summed E-state index contributed by atoms with van der Waals surface area (Å²) < 4.78 is 39.3. The van der Waals surface area contributed by atoms with Crippen LogP contribution in [-0.4, -0.2) is 0 Å². The van der Waals surface area contributed by atoms with Crippen LogP contribution >= 0.6 is 0 Å². The number of fused-ring (bicyclic) bond motifs is 1. The average Bonchev–Trinajstić information content (AvgIpc) is 2.72. The number of nitrogens with two attached hydrogens (primary N) is 1. The van der Waals surface area contributed by atoms with Gasteiger partial charge in [-0.15, -0.1) is 0 Å². The molecule has 1 aliphatic rings. The summed E-state index contributed by atoms with van der Waals surface area (Å²) in [7, 11) is 0. The predicted molar refractivity (Wildman–Crippen MR) is 116 cm³/mol. The van der Waals surface area contributed by atoms with E-state index in [4.69, 9.17) is 5.73 Å². The molecule has 0 saturated heterocycles. The van der Waals surface area contributed by atoms with Crippen LogP contribution in [0.3, 0.4) is 0 Å². The molecule has 0 aliphatic heterocycles. The van der Waals surface area contributed by atoms with Crippen molar-refractivity contribution < 1.29 is 13.2 Å². The third-order valence-corrected chi connectivity index (χ3v) is 5.15. The van der Waals surface area contributed by atoms with E-state index in [0.29, 0.717) is 17.2 Å². The molecule has 0 bridgehead atoms. The molecule has 0 aromatic heterocycles. The summed E-state index contributed by atoms with van der Waals surface area (Å²) in [6.45, 7) is 9.98. The maximum atomic E-state index is 13.1. The van der Waals surface area contributed by atoms with Gasteiger partial charge in [0.1, 0.15) is 0 Å². The minimum atomic E-state index is -4.34. The van der Waals surface area contributed by atoms with Crippen molar-refractivity contribution in [3.8, 4) is 0 Å². The Morgan fingerprint density at radius 3 is 2.14 bits per heavy atom. The van der Waals surface area contributed by atoms with Crippen LogP contribution in [0, 0.1) is 12.8 Å². The molecular formula is C25H30F3N. The van der Waals surface area contributed by atoms with Crippen LogP contribution < -0.4 is 5.73 Å². The Kier molecular flexibility index (Phi) is 7.34. The van der Waals surface area contributed by atoms with Crippen LogP contribution in [0.5, 0.6) is 0 Å². The molecule has 2 N–H and O–H groups in total. The van der Waals surface area contributed by atoms with E-state index in [0.717, 1.165) is 35.1 Å². The first kappa shape index (κ1) is 22.8. The van der Waals surface area contributed by atoms with Crippen molar-refractivity contribution in [3.63, 3.8) is 0 Å². The lowest BCUT2D eigenvalue weighted by Crippen LogP contribution is -2.07. The molecule has 0 spiro atoms. The van der Waals surface area contributed by atoms with Gasteiger partial charge in [0.15, 0.2) is 0 Å². The lowest BCUT2D eigenvalue weighted by Gasteiger charge is -2.20. The number of hydrogen-bond acceptors (Lipinski definition) is 1. The van der Waals surface area contributed by atoms with Gasteiger partial charge in [-0.25, -0.2) is 0 Å². The Morgan fingerprint density at radius 1 is 0.931 bits per heavy atom. The molecule has 0 amide bonds. The summed E-state index contributed by atoms with van der Waals surface area (Å²) in [4.78, 5) is 0. The molecule has 3 rings (SSSR count). The van der Waals surface area contributed by atoms with Crippen molar-refractivity contribution in [1.82, 2.24) is 0 Å². The molecule has 2 aromatic rings. The smallest absolute Gasteiger partial charge is 0.398 e. The van der Waals surface area contributed by atoms with E-state index < -0.39 is 11.7 Å². The van der Waals surface area contributed by atoms with Crippen LogP contribution in [0.25, 0.3) is 11.3 Å². The van der Waals surface area contributed by atoms with E-state index in [1.165, 1.54) is 17.7 Å². The summed E-state index contributed by atoms with van der Waals surface area (Å²) in [6, 6.07) is 11.9. The van der Waals surface area contributed by atoms with Gasteiger partial charge in [0.25, 0.3) is 0 Å². The fourth-order valence-corrected chi connectivity index (χ4v) is 3.82. The molecule has 4 heteroatoms. The second-order valence-electron chi connectivity index (χ2n) is 7.43. The highest BCUT2D eigenvalue weighted by Crippen LogP contribution is 2.39. The van der Waals surface area contributed by atoms with Crippen molar-refractivity contribution in [3.05, 3.63) is 81.9 Å². The molecule has 1 atom stereocenters. The first-order valence-corrected chi connectivity index (χ1v) is 10.1. The van der Waals surface area contributed by atoms with Gasteiger partial charge in [0, 0.05) is 11.3 Å². The number of aryl methyl sites for hydroxylation is 1. The van der Waals surface area contributed by atoms with Gasteiger partial charge in [-0.05, 0) is 67.0 Å². The minimum absolute atomic E-state index is 0.405. The lowest BCUT2D eigenvalue weighted by atomic mass is 9.85. The first-order valence-electron chi connectivity index (χ1n) is 10.1. The Hall–Kier alpha value is -2.49. The Labute approximate surface area is 172 Å². The van der Waals surface area contributed by atoms with Crippen molar-refractivity contribution in [2.45, 2.75) is 53.6 Å². The second kappa shape index (κ2) is 9.34. The van der Waals surface area contributed by atoms with Crippen LogP contribution in [0.15, 0.2) is 54.1 Å². The molecule has 0 saturated carbocycles. The summed E-state index contributed by atoms with van der Waals surface area (Å²) in [5.74, 6) is 0.405. The average molecular weight is 402 g/mol. The maximum absolute atomic E-state index is 13.1. The normalized spacial score (nSPS) is 21.5. The van der Waals surface area contributed by atoms with Gasteiger partial charge in [0.2, 0.25) is 0 Å². The molecule has 1 nitrogen and oxygen atoms in total. The van der Waals surface area contributed by atoms with Crippen LogP contribution in [0.1, 0.15) is 68.4 Å². The fourth-order valence-electron chi connectivity index (χ4n) is 3.82.